The largest absolute Gasteiger partial charge is 0.372 e. The standard InChI is InChI=1S/C16H27BrN2/c1-11(2)9-12(3)19(6)16-10-14(17)7-8-15(16)13(4)18-5/h7-8,10-13,18H,9H2,1-6H3. The Labute approximate surface area is 126 Å². The number of hydrogen-bond donors (Lipinski definition) is 1. The summed E-state index contributed by atoms with van der Waals surface area (Å²) in [6.07, 6.45) is 1.20. The zero-order valence-electron chi connectivity index (χ0n) is 13.0. The van der Waals surface area contributed by atoms with Crippen molar-refractivity contribution in [3.8, 4) is 0 Å². The molecule has 1 aromatic rings. The summed E-state index contributed by atoms with van der Waals surface area (Å²) in [4.78, 5) is 2.40. The highest BCUT2D eigenvalue weighted by Gasteiger charge is 2.17. The van der Waals surface area contributed by atoms with Gasteiger partial charge in [0.2, 0.25) is 0 Å². The summed E-state index contributed by atoms with van der Waals surface area (Å²) in [6.45, 7) is 9.06. The molecule has 0 amide bonds. The maximum atomic E-state index is 3.59. The molecule has 0 bridgehead atoms. The van der Waals surface area contributed by atoms with E-state index >= 15 is 0 Å². The van der Waals surface area contributed by atoms with E-state index in [0.717, 1.165) is 10.4 Å². The maximum Gasteiger partial charge on any atom is 0.0425 e. The lowest BCUT2D eigenvalue weighted by atomic mass is 10.0. The SMILES string of the molecule is CNC(C)c1ccc(Br)cc1N(C)C(C)CC(C)C. The summed E-state index contributed by atoms with van der Waals surface area (Å²) >= 11 is 3.59. The zero-order valence-corrected chi connectivity index (χ0v) is 14.6. The summed E-state index contributed by atoms with van der Waals surface area (Å²) in [7, 11) is 4.20. The third-order valence-electron chi connectivity index (χ3n) is 3.75. The van der Waals surface area contributed by atoms with Crippen molar-refractivity contribution in [2.45, 2.75) is 46.2 Å². The Morgan fingerprint density at radius 1 is 1.21 bits per heavy atom. The van der Waals surface area contributed by atoms with Gasteiger partial charge in [0.05, 0.1) is 0 Å². The molecule has 0 aliphatic carbocycles. The molecule has 3 heteroatoms. The van der Waals surface area contributed by atoms with Crippen LogP contribution in [0.2, 0.25) is 0 Å². The Kier molecular flexibility index (Phi) is 6.34. The fourth-order valence-electron chi connectivity index (χ4n) is 2.42. The van der Waals surface area contributed by atoms with Gasteiger partial charge >= 0.3 is 0 Å². The second kappa shape index (κ2) is 7.30. The first kappa shape index (κ1) is 16.5. The highest BCUT2D eigenvalue weighted by Crippen LogP contribution is 2.31. The van der Waals surface area contributed by atoms with E-state index in [1.165, 1.54) is 17.7 Å². The first-order valence-electron chi connectivity index (χ1n) is 7.06. The Hall–Kier alpha value is -0.540. The van der Waals surface area contributed by atoms with Crippen LogP contribution in [0, 0.1) is 5.92 Å². The molecule has 0 aliphatic rings. The molecule has 0 saturated heterocycles. The molecule has 0 aromatic heterocycles. The van der Waals surface area contributed by atoms with E-state index < -0.39 is 0 Å². The molecule has 0 aliphatic heterocycles. The fraction of sp³-hybridized carbons (Fsp3) is 0.625. The van der Waals surface area contributed by atoms with Gasteiger partial charge in [-0.05, 0) is 50.9 Å². The molecule has 0 radical (unpaired) electrons. The Bertz CT molecular complexity index is 404. The maximum absolute atomic E-state index is 3.59. The van der Waals surface area contributed by atoms with Crippen molar-refractivity contribution in [1.29, 1.82) is 0 Å². The van der Waals surface area contributed by atoms with Gasteiger partial charge in [0.15, 0.2) is 0 Å². The molecule has 108 valence electrons. The summed E-state index contributed by atoms with van der Waals surface area (Å²) in [6, 6.07) is 7.45. The molecule has 1 rings (SSSR count). The van der Waals surface area contributed by atoms with Gasteiger partial charge in [-0.3, -0.25) is 0 Å². The molecule has 0 heterocycles. The van der Waals surface area contributed by atoms with Crippen molar-refractivity contribution in [3.05, 3.63) is 28.2 Å². The lowest BCUT2D eigenvalue weighted by Crippen LogP contribution is -2.31. The number of benzene rings is 1. The molecule has 19 heavy (non-hydrogen) atoms. The average molecular weight is 327 g/mol. The van der Waals surface area contributed by atoms with E-state index in [4.69, 9.17) is 0 Å². The lowest BCUT2D eigenvalue weighted by Gasteiger charge is -2.31. The summed E-state index contributed by atoms with van der Waals surface area (Å²) < 4.78 is 1.14. The third-order valence-corrected chi connectivity index (χ3v) is 4.24. The van der Waals surface area contributed by atoms with Crippen molar-refractivity contribution in [3.63, 3.8) is 0 Å². The Morgan fingerprint density at radius 3 is 2.37 bits per heavy atom. The fourth-order valence-corrected chi connectivity index (χ4v) is 2.77. The van der Waals surface area contributed by atoms with Crippen LogP contribution in [-0.2, 0) is 0 Å². The highest BCUT2D eigenvalue weighted by atomic mass is 79.9. The molecule has 1 aromatic carbocycles. The molecule has 0 spiro atoms. The lowest BCUT2D eigenvalue weighted by molar-refractivity contribution is 0.502. The van der Waals surface area contributed by atoms with Crippen molar-refractivity contribution in [1.82, 2.24) is 5.32 Å². The quantitative estimate of drug-likeness (QED) is 0.821. The van der Waals surface area contributed by atoms with Crippen molar-refractivity contribution in [2.75, 3.05) is 19.0 Å². The number of halogens is 1. The number of rotatable bonds is 6. The van der Waals surface area contributed by atoms with Gasteiger partial charge in [-0.25, -0.2) is 0 Å². The highest BCUT2D eigenvalue weighted by molar-refractivity contribution is 9.10. The van der Waals surface area contributed by atoms with E-state index in [9.17, 15) is 0 Å². The molecule has 2 unspecified atom stereocenters. The van der Waals surface area contributed by atoms with Crippen LogP contribution in [0.25, 0.3) is 0 Å². The number of anilines is 1. The van der Waals surface area contributed by atoms with Crippen molar-refractivity contribution >= 4 is 21.6 Å². The van der Waals surface area contributed by atoms with Gasteiger partial charge in [0.25, 0.3) is 0 Å². The smallest absolute Gasteiger partial charge is 0.0425 e. The number of nitrogens with zero attached hydrogens (tertiary/aromatic N) is 1. The van der Waals surface area contributed by atoms with Gasteiger partial charge in [-0.15, -0.1) is 0 Å². The molecule has 2 atom stereocenters. The van der Waals surface area contributed by atoms with Gasteiger partial charge in [0.1, 0.15) is 0 Å². The zero-order chi connectivity index (χ0) is 14.6. The monoisotopic (exact) mass is 326 g/mol. The van der Waals surface area contributed by atoms with Crippen molar-refractivity contribution in [2.24, 2.45) is 5.92 Å². The predicted molar refractivity (Wildman–Crippen MR) is 88.9 cm³/mol. The van der Waals surface area contributed by atoms with E-state index in [-0.39, 0.29) is 0 Å². The molecule has 0 saturated carbocycles. The first-order valence-corrected chi connectivity index (χ1v) is 7.85. The summed E-state index contributed by atoms with van der Waals surface area (Å²) in [5.41, 5.74) is 2.66. The first-order chi connectivity index (χ1) is 8.86. The van der Waals surface area contributed by atoms with Gasteiger partial charge < -0.3 is 10.2 Å². The van der Waals surface area contributed by atoms with Crippen LogP contribution >= 0.6 is 15.9 Å². The molecule has 1 N–H and O–H groups in total. The average Bonchev–Trinajstić information content (AvgIpc) is 2.36. The second-order valence-corrected chi connectivity index (χ2v) is 6.72. The number of nitrogens with one attached hydrogen (secondary N) is 1. The summed E-state index contributed by atoms with van der Waals surface area (Å²) in [5.74, 6) is 0.717. The summed E-state index contributed by atoms with van der Waals surface area (Å²) in [5, 5.41) is 3.33. The normalized spacial score (nSPS) is 14.5. The Balaban J connectivity index is 3.06. The molecule has 0 fully saturated rings. The minimum Gasteiger partial charge on any atom is -0.372 e. The number of hydrogen-bond acceptors (Lipinski definition) is 2. The molecule has 2 nitrogen and oxygen atoms in total. The third kappa shape index (κ3) is 4.50. The second-order valence-electron chi connectivity index (χ2n) is 5.80. The molecular weight excluding hydrogens is 300 g/mol. The van der Waals surface area contributed by atoms with E-state index in [1.807, 2.05) is 7.05 Å². The van der Waals surface area contributed by atoms with E-state index in [0.29, 0.717) is 12.1 Å². The van der Waals surface area contributed by atoms with Crippen LogP contribution in [0.1, 0.15) is 45.7 Å². The van der Waals surface area contributed by atoms with Crippen LogP contribution < -0.4 is 10.2 Å². The van der Waals surface area contributed by atoms with Gasteiger partial charge in [-0.2, -0.15) is 0 Å². The van der Waals surface area contributed by atoms with Gasteiger partial charge in [-0.1, -0.05) is 35.8 Å². The van der Waals surface area contributed by atoms with Crippen LogP contribution in [0.5, 0.6) is 0 Å². The molecular formula is C16H27BrN2. The minimum absolute atomic E-state index is 0.358. The Morgan fingerprint density at radius 2 is 1.84 bits per heavy atom. The predicted octanol–water partition coefficient (Wildman–Crippen LogP) is 4.60. The topological polar surface area (TPSA) is 15.3 Å². The van der Waals surface area contributed by atoms with E-state index in [2.05, 4.69) is 79.1 Å². The van der Waals surface area contributed by atoms with E-state index in [1.54, 1.807) is 0 Å². The van der Waals surface area contributed by atoms with Crippen LogP contribution in [0.4, 0.5) is 5.69 Å². The van der Waals surface area contributed by atoms with Crippen LogP contribution in [-0.4, -0.2) is 20.1 Å². The van der Waals surface area contributed by atoms with Crippen LogP contribution in [0.3, 0.4) is 0 Å². The van der Waals surface area contributed by atoms with Gasteiger partial charge in [0, 0.05) is 29.3 Å². The minimum atomic E-state index is 0.358. The van der Waals surface area contributed by atoms with Crippen LogP contribution in [0.15, 0.2) is 22.7 Å². The van der Waals surface area contributed by atoms with Crippen molar-refractivity contribution < 1.29 is 0 Å².